The average Bonchev–Trinajstić information content (AvgIpc) is 2.97. The highest BCUT2D eigenvalue weighted by Crippen LogP contribution is 2.21. The summed E-state index contributed by atoms with van der Waals surface area (Å²) in [6, 6.07) is 13.9. The lowest BCUT2D eigenvalue weighted by atomic mass is 10.2. The van der Waals surface area contributed by atoms with Crippen LogP contribution in [0.3, 0.4) is 0 Å². The van der Waals surface area contributed by atoms with Crippen LogP contribution in [0.25, 0.3) is 11.5 Å². The molecule has 118 valence electrons. The van der Waals surface area contributed by atoms with Crippen LogP contribution in [0.5, 0.6) is 5.75 Å². The fraction of sp³-hybridized carbons (Fsp3) is 0.263. The molecule has 2 heterocycles. The maximum atomic E-state index is 5.75. The third-order valence-electron chi connectivity index (χ3n) is 3.68. The van der Waals surface area contributed by atoms with E-state index in [9.17, 15) is 0 Å². The standard InChI is InChI=1S/C19H20N2O2/c1-3-16-9-10-17(13-20-16)22-12-11-18-14(2)23-19(21-18)15-7-5-4-6-8-15/h4-10,13H,3,11-12H2,1-2H3. The van der Waals surface area contributed by atoms with Gasteiger partial charge >= 0.3 is 0 Å². The maximum absolute atomic E-state index is 5.75. The van der Waals surface area contributed by atoms with Gasteiger partial charge in [-0.05, 0) is 37.6 Å². The van der Waals surface area contributed by atoms with Gasteiger partial charge in [0.15, 0.2) is 0 Å². The van der Waals surface area contributed by atoms with Crippen LogP contribution in [0.2, 0.25) is 0 Å². The second kappa shape index (κ2) is 7.09. The number of ether oxygens (including phenoxy) is 1. The minimum atomic E-state index is 0.550. The highest BCUT2D eigenvalue weighted by Gasteiger charge is 2.11. The first-order valence-electron chi connectivity index (χ1n) is 7.85. The van der Waals surface area contributed by atoms with Gasteiger partial charge in [0.1, 0.15) is 11.5 Å². The number of hydrogen-bond donors (Lipinski definition) is 0. The number of aromatic nitrogens is 2. The quantitative estimate of drug-likeness (QED) is 0.684. The van der Waals surface area contributed by atoms with Crippen molar-refractivity contribution in [3.63, 3.8) is 0 Å². The molecule has 23 heavy (non-hydrogen) atoms. The number of aryl methyl sites for hydroxylation is 2. The Hall–Kier alpha value is -2.62. The molecule has 0 spiro atoms. The monoisotopic (exact) mass is 308 g/mol. The van der Waals surface area contributed by atoms with Crippen LogP contribution in [-0.4, -0.2) is 16.6 Å². The van der Waals surface area contributed by atoms with Gasteiger partial charge in [-0.2, -0.15) is 0 Å². The number of pyridine rings is 1. The summed E-state index contributed by atoms with van der Waals surface area (Å²) < 4.78 is 11.5. The lowest BCUT2D eigenvalue weighted by Gasteiger charge is -2.05. The van der Waals surface area contributed by atoms with Crippen LogP contribution in [0.1, 0.15) is 24.1 Å². The zero-order valence-electron chi connectivity index (χ0n) is 13.5. The molecular formula is C19H20N2O2. The first-order valence-corrected chi connectivity index (χ1v) is 7.85. The zero-order valence-corrected chi connectivity index (χ0v) is 13.5. The Morgan fingerprint density at radius 3 is 2.61 bits per heavy atom. The first kappa shape index (κ1) is 15.3. The Kier molecular flexibility index (Phi) is 4.71. The van der Waals surface area contributed by atoms with Crippen molar-refractivity contribution in [2.75, 3.05) is 6.61 Å². The minimum Gasteiger partial charge on any atom is -0.492 e. The first-order chi connectivity index (χ1) is 11.3. The fourth-order valence-electron chi connectivity index (χ4n) is 2.34. The molecule has 0 fully saturated rings. The topological polar surface area (TPSA) is 48.2 Å². The highest BCUT2D eigenvalue weighted by molar-refractivity contribution is 5.53. The van der Waals surface area contributed by atoms with Crippen molar-refractivity contribution in [2.24, 2.45) is 0 Å². The molecule has 0 aliphatic carbocycles. The molecule has 0 atom stereocenters. The van der Waals surface area contributed by atoms with Gasteiger partial charge in [-0.15, -0.1) is 0 Å². The van der Waals surface area contributed by atoms with Crippen molar-refractivity contribution in [1.82, 2.24) is 9.97 Å². The lowest BCUT2D eigenvalue weighted by molar-refractivity contribution is 0.318. The molecule has 4 nitrogen and oxygen atoms in total. The average molecular weight is 308 g/mol. The second-order valence-corrected chi connectivity index (χ2v) is 5.33. The van der Waals surface area contributed by atoms with Crippen molar-refractivity contribution >= 4 is 0 Å². The molecular weight excluding hydrogens is 288 g/mol. The molecule has 0 radical (unpaired) electrons. The molecule has 3 aromatic rings. The Balaban J connectivity index is 1.61. The van der Waals surface area contributed by atoms with Crippen LogP contribution >= 0.6 is 0 Å². The van der Waals surface area contributed by atoms with Gasteiger partial charge in [0.2, 0.25) is 5.89 Å². The van der Waals surface area contributed by atoms with Gasteiger partial charge in [-0.3, -0.25) is 4.98 Å². The summed E-state index contributed by atoms with van der Waals surface area (Å²) >= 11 is 0. The Morgan fingerprint density at radius 1 is 1.09 bits per heavy atom. The van der Waals surface area contributed by atoms with Crippen LogP contribution in [-0.2, 0) is 12.8 Å². The number of hydrogen-bond acceptors (Lipinski definition) is 4. The van der Waals surface area contributed by atoms with E-state index in [-0.39, 0.29) is 0 Å². The summed E-state index contributed by atoms with van der Waals surface area (Å²) in [7, 11) is 0. The molecule has 0 aliphatic rings. The van der Waals surface area contributed by atoms with E-state index in [4.69, 9.17) is 9.15 Å². The van der Waals surface area contributed by atoms with Crippen molar-refractivity contribution < 1.29 is 9.15 Å². The molecule has 0 saturated carbocycles. The van der Waals surface area contributed by atoms with Crippen LogP contribution < -0.4 is 4.74 Å². The largest absolute Gasteiger partial charge is 0.492 e. The van der Waals surface area contributed by atoms with Gasteiger partial charge in [0.25, 0.3) is 0 Å². The Bertz CT molecular complexity index is 749. The van der Waals surface area contributed by atoms with Gasteiger partial charge in [0, 0.05) is 17.7 Å². The van der Waals surface area contributed by atoms with E-state index in [0.29, 0.717) is 18.9 Å². The van der Waals surface area contributed by atoms with Crippen LogP contribution in [0, 0.1) is 6.92 Å². The molecule has 0 unspecified atom stereocenters. The van der Waals surface area contributed by atoms with Gasteiger partial charge in [-0.1, -0.05) is 25.1 Å². The van der Waals surface area contributed by atoms with Gasteiger partial charge in [0.05, 0.1) is 18.5 Å². The predicted octanol–water partition coefficient (Wildman–Crippen LogP) is 4.23. The third-order valence-corrected chi connectivity index (χ3v) is 3.68. The third kappa shape index (κ3) is 3.77. The summed E-state index contributed by atoms with van der Waals surface area (Å²) in [5.41, 5.74) is 2.99. The number of nitrogens with zero attached hydrogens (tertiary/aromatic N) is 2. The lowest BCUT2D eigenvalue weighted by Crippen LogP contribution is -2.03. The van der Waals surface area contributed by atoms with E-state index >= 15 is 0 Å². The molecule has 0 bridgehead atoms. The van der Waals surface area contributed by atoms with Crippen LogP contribution in [0.4, 0.5) is 0 Å². The van der Waals surface area contributed by atoms with E-state index in [2.05, 4.69) is 16.9 Å². The number of oxazole rings is 1. The van der Waals surface area contributed by atoms with E-state index in [0.717, 1.165) is 34.9 Å². The summed E-state index contributed by atoms with van der Waals surface area (Å²) in [6.45, 7) is 4.57. The molecule has 4 heteroatoms. The van der Waals surface area contributed by atoms with E-state index in [1.54, 1.807) is 6.20 Å². The van der Waals surface area contributed by atoms with E-state index in [1.165, 1.54) is 0 Å². The zero-order chi connectivity index (χ0) is 16.1. The van der Waals surface area contributed by atoms with Crippen molar-refractivity contribution in [3.8, 4) is 17.2 Å². The smallest absolute Gasteiger partial charge is 0.226 e. The molecule has 0 N–H and O–H groups in total. The molecule has 3 rings (SSSR count). The summed E-state index contributed by atoms with van der Waals surface area (Å²) in [5, 5.41) is 0. The highest BCUT2D eigenvalue weighted by atomic mass is 16.5. The summed E-state index contributed by atoms with van der Waals surface area (Å²) in [6.07, 6.45) is 3.41. The van der Waals surface area contributed by atoms with Gasteiger partial charge in [-0.25, -0.2) is 4.98 Å². The van der Waals surface area contributed by atoms with Crippen molar-refractivity contribution in [1.29, 1.82) is 0 Å². The number of rotatable bonds is 6. The van der Waals surface area contributed by atoms with E-state index < -0.39 is 0 Å². The molecule has 0 aliphatic heterocycles. The normalized spacial score (nSPS) is 10.7. The van der Waals surface area contributed by atoms with Gasteiger partial charge < -0.3 is 9.15 Å². The second-order valence-electron chi connectivity index (χ2n) is 5.33. The van der Waals surface area contributed by atoms with E-state index in [1.807, 2.05) is 49.4 Å². The molecule has 1 aromatic carbocycles. The van der Waals surface area contributed by atoms with Crippen molar-refractivity contribution in [2.45, 2.75) is 26.7 Å². The Labute approximate surface area is 136 Å². The predicted molar refractivity (Wildman–Crippen MR) is 89.5 cm³/mol. The van der Waals surface area contributed by atoms with Crippen molar-refractivity contribution in [3.05, 3.63) is 65.8 Å². The summed E-state index contributed by atoms with van der Waals surface area (Å²) in [5.74, 6) is 2.28. The van der Waals surface area contributed by atoms with Crippen LogP contribution in [0.15, 0.2) is 53.1 Å². The summed E-state index contributed by atoms with van der Waals surface area (Å²) in [4.78, 5) is 8.90. The Morgan fingerprint density at radius 2 is 1.91 bits per heavy atom. The molecule has 0 amide bonds. The SMILES string of the molecule is CCc1ccc(OCCc2nc(-c3ccccc3)oc2C)cn1. The maximum Gasteiger partial charge on any atom is 0.226 e. The molecule has 0 saturated heterocycles. The number of benzene rings is 1. The molecule has 2 aromatic heterocycles. The fourth-order valence-corrected chi connectivity index (χ4v) is 2.34. The minimum absolute atomic E-state index is 0.550.